The molecular formula is C23H25FN4O2. The lowest BCUT2D eigenvalue weighted by atomic mass is 10.0. The standard InChI is InChI=1S/C23H25FN4O2/c1-2-15-11-16-3-4-18(21(24)22(16)27-23(15)30)13-28-10-9-25-8-7-20(28)17-5-6-19(14-29)26-12-17/h3-6,11-12,14,20,25H,2,7-10,13H2,1H3,(H,27,30). The Hall–Kier alpha value is -2.90. The molecule has 2 aromatic heterocycles. The van der Waals surface area contributed by atoms with Crippen molar-refractivity contribution < 1.29 is 9.18 Å². The zero-order chi connectivity index (χ0) is 21.1. The minimum Gasteiger partial charge on any atom is -0.319 e. The van der Waals surface area contributed by atoms with Gasteiger partial charge in [0, 0.05) is 48.4 Å². The van der Waals surface area contributed by atoms with Crippen LogP contribution in [0.3, 0.4) is 0 Å². The normalized spacial score (nSPS) is 17.7. The number of rotatable bonds is 5. The van der Waals surface area contributed by atoms with Crippen LogP contribution in [-0.2, 0) is 13.0 Å². The summed E-state index contributed by atoms with van der Waals surface area (Å²) in [6, 6.07) is 9.13. The fraction of sp³-hybridized carbons (Fsp3) is 0.348. The highest BCUT2D eigenvalue weighted by Crippen LogP contribution is 2.28. The summed E-state index contributed by atoms with van der Waals surface area (Å²) in [5.41, 5.74) is 2.63. The van der Waals surface area contributed by atoms with E-state index in [2.05, 4.69) is 20.2 Å². The van der Waals surface area contributed by atoms with E-state index in [-0.39, 0.29) is 22.9 Å². The minimum atomic E-state index is -0.377. The summed E-state index contributed by atoms with van der Waals surface area (Å²) in [6.45, 7) is 4.74. The van der Waals surface area contributed by atoms with Gasteiger partial charge in [-0.3, -0.25) is 19.5 Å². The van der Waals surface area contributed by atoms with Gasteiger partial charge in [-0.2, -0.15) is 0 Å². The average molecular weight is 408 g/mol. The van der Waals surface area contributed by atoms with E-state index in [0.29, 0.717) is 35.2 Å². The molecule has 7 heteroatoms. The van der Waals surface area contributed by atoms with Crippen LogP contribution in [0.1, 0.15) is 46.6 Å². The Morgan fingerprint density at radius 1 is 1.23 bits per heavy atom. The monoisotopic (exact) mass is 408 g/mol. The molecule has 1 aromatic carbocycles. The number of pyridine rings is 2. The molecule has 0 radical (unpaired) electrons. The van der Waals surface area contributed by atoms with Crippen LogP contribution in [-0.4, -0.2) is 40.8 Å². The Bertz CT molecular complexity index is 1110. The van der Waals surface area contributed by atoms with Crippen molar-refractivity contribution >= 4 is 17.2 Å². The second-order valence-electron chi connectivity index (χ2n) is 7.64. The lowest BCUT2D eigenvalue weighted by Crippen LogP contribution is -2.31. The van der Waals surface area contributed by atoms with Crippen molar-refractivity contribution in [3.63, 3.8) is 0 Å². The van der Waals surface area contributed by atoms with Crippen molar-refractivity contribution in [2.45, 2.75) is 32.4 Å². The Morgan fingerprint density at radius 2 is 2.10 bits per heavy atom. The predicted molar refractivity (Wildman–Crippen MR) is 114 cm³/mol. The van der Waals surface area contributed by atoms with Crippen LogP contribution in [0.15, 0.2) is 41.3 Å². The highest BCUT2D eigenvalue weighted by molar-refractivity contribution is 5.80. The van der Waals surface area contributed by atoms with Gasteiger partial charge in [-0.1, -0.05) is 25.1 Å². The maximum Gasteiger partial charge on any atom is 0.251 e. The molecule has 6 nitrogen and oxygen atoms in total. The van der Waals surface area contributed by atoms with E-state index < -0.39 is 0 Å². The van der Waals surface area contributed by atoms with E-state index in [1.54, 1.807) is 24.4 Å². The fourth-order valence-corrected chi connectivity index (χ4v) is 4.11. The first-order valence-electron chi connectivity index (χ1n) is 10.3. The smallest absolute Gasteiger partial charge is 0.251 e. The summed E-state index contributed by atoms with van der Waals surface area (Å²) in [5.74, 6) is -0.377. The van der Waals surface area contributed by atoms with Crippen LogP contribution in [0, 0.1) is 5.82 Å². The quantitative estimate of drug-likeness (QED) is 0.635. The van der Waals surface area contributed by atoms with E-state index in [0.717, 1.165) is 37.9 Å². The molecule has 1 aliphatic heterocycles. The number of aryl methyl sites for hydroxylation is 1. The number of carbonyl (C=O) groups is 1. The molecule has 156 valence electrons. The van der Waals surface area contributed by atoms with Crippen LogP contribution in [0.25, 0.3) is 10.9 Å². The second kappa shape index (κ2) is 8.85. The number of aromatic nitrogens is 2. The first-order chi connectivity index (χ1) is 14.6. The molecule has 30 heavy (non-hydrogen) atoms. The van der Waals surface area contributed by atoms with Gasteiger partial charge in [0.15, 0.2) is 12.1 Å². The van der Waals surface area contributed by atoms with Crippen molar-refractivity contribution in [1.82, 2.24) is 20.2 Å². The molecule has 0 bridgehead atoms. The highest BCUT2D eigenvalue weighted by Gasteiger charge is 2.24. The van der Waals surface area contributed by atoms with Gasteiger partial charge in [0.25, 0.3) is 5.56 Å². The molecular weight excluding hydrogens is 383 g/mol. The SMILES string of the molecule is CCc1cc2ccc(CN3CCNCCC3c3ccc(C=O)nc3)c(F)c2[nH]c1=O. The van der Waals surface area contributed by atoms with E-state index >= 15 is 4.39 Å². The third-order valence-electron chi connectivity index (χ3n) is 5.79. The third-order valence-corrected chi connectivity index (χ3v) is 5.79. The van der Waals surface area contributed by atoms with Gasteiger partial charge in [-0.05, 0) is 37.1 Å². The maximum atomic E-state index is 15.3. The lowest BCUT2D eigenvalue weighted by molar-refractivity contribution is 0.111. The summed E-state index contributed by atoms with van der Waals surface area (Å²) in [7, 11) is 0. The number of fused-ring (bicyclic) bond motifs is 1. The lowest BCUT2D eigenvalue weighted by Gasteiger charge is -2.30. The summed E-state index contributed by atoms with van der Waals surface area (Å²) >= 11 is 0. The minimum absolute atomic E-state index is 0.0600. The van der Waals surface area contributed by atoms with E-state index in [1.165, 1.54) is 0 Å². The maximum absolute atomic E-state index is 15.3. The molecule has 4 rings (SSSR count). The first-order valence-corrected chi connectivity index (χ1v) is 10.3. The number of hydrogen-bond donors (Lipinski definition) is 2. The number of aldehydes is 1. The van der Waals surface area contributed by atoms with E-state index in [9.17, 15) is 9.59 Å². The fourth-order valence-electron chi connectivity index (χ4n) is 4.11. The molecule has 0 spiro atoms. The molecule has 1 unspecified atom stereocenters. The van der Waals surface area contributed by atoms with Crippen molar-refractivity contribution in [1.29, 1.82) is 0 Å². The zero-order valence-electron chi connectivity index (χ0n) is 17.0. The van der Waals surface area contributed by atoms with Crippen LogP contribution >= 0.6 is 0 Å². The first kappa shape index (κ1) is 20.4. The molecule has 1 saturated heterocycles. The Labute approximate surface area is 174 Å². The average Bonchev–Trinajstić information content (AvgIpc) is 3.01. The topological polar surface area (TPSA) is 78.1 Å². The predicted octanol–water partition coefficient (Wildman–Crippen LogP) is 2.97. The molecule has 2 N–H and O–H groups in total. The number of aromatic amines is 1. The largest absolute Gasteiger partial charge is 0.319 e. The molecule has 0 saturated carbocycles. The number of nitrogens with one attached hydrogen (secondary N) is 2. The van der Waals surface area contributed by atoms with E-state index in [1.807, 2.05) is 19.1 Å². The summed E-state index contributed by atoms with van der Waals surface area (Å²) < 4.78 is 15.3. The number of H-pyrrole nitrogens is 1. The third kappa shape index (κ3) is 4.04. The molecule has 1 fully saturated rings. The van der Waals surface area contributed by atoms with Crippen molar-refractivity contribution in [2.75, 3.05) is 19.6 Å². The van der Waals surface area contributed by atoms with Gasteiger partial charge in [0.2, 0.25) is 0 Å². The number of nitrogens with zero attached hydrogens (tertiary/aromatic N) is 2. The zero-order valence-corrected chi connectivity index (χ0v) is 17.0. The molecule has 0 amide bonds. The van der Waals surface area contributed by atoms with Crippen LogP contribution in [0.4, 0.5) is 4.39 Å². The summed E-state index contributed by atoms with van der Waals surface area (Å²) in [4.78, 5) is 32.2. The number of benzene rings is 1. The number of carbonyl (C=O) groups excluding carboxylic acids is 1. The number of halogens is 1. The second-order valence-corrected chi connectivity index (χ2v) is 7.64. The van der Waals surface area contributed by atoms with Gasteiger partial charge in [0.1, 0.15) is 5.69 Å². The summed E-state index contributed by atoms with van der Waals surface area (Å²) in [5, 5.41) is 4.09. The van der Waals surface area contributed by atoms with Gasteiger partial charge in [-0.15, -0.1) is 0 Å². The Kier molecular flexibility index (Phi) is 6.01. The molecule has 3 aromatic rings. The summed E-state index contributed by atoms with van der Waals surface area (Å²) in [6.07, 6.45) is 3.92. The Morgan fingerprint density at radius 3 is 2.83 bits per heavy atom. The molecule has 3 heterocycles. The molecule has 0 aliphatic carbocycles. The van der Waals surface area contributed by atoms with Crippen molar-refractivity contribution in [3.8, 4) is 0 Å². The van der Waals surface area contributed by atoms with Gasteiger partial charge >= 0.3 is 0 Å². The molecule has 1 aliphatic rings. The van der Waals surface area contributed by atoms with Crippen LogP contribution in [0.2, 0.25) is 0 Å². The molecule has 1 atom stereocenters. The van der Waals surface area contributed by atoms with E-state index in [4.69, 9.17) is 0 Å². The van der Waals surface area contributed by atoms with Crippen molar-refractivity contribution in [2.24, 2.45) is 0 Å². The van der Waals surface area contributed by atoms with Gasteiger partial charge in [0.05, 0.1) is 5.52 Å². The van der Waals surface area contributed by atoms with Gasteiger partial charge in [-0.25, -0.2) is 4.39 Å². The van der Waals surface area contributed by atoms with Gasteiger partial charge < -0.3 is 10.3 Å². The van der Waals surface area contributed by atoms with Crippen molar-refractivity contribution in [3.05, 3.63) is 75.1 Å². The van der Waals surface area contributed by atoms with Crippen LogP contribution in [0.5, 0.6) is 0 Å². The van der Waals surface area contributed by atoms with Crippen LogP contribution < -0.4 is 10.9 Å². The highest BCUT2D eigenvalue weighted by atomic mass is 19.1. The Balaban J connectivity index is 1.67. The number of hydrogen-bond acceptors (Lipinski definition) is 5.